The largest absolute Gasteiger partial charge is 0.495 e. The van der Waals surface area contributed by atoms with Crippen molar-refractivity contribution in [1.29, 1.82) is 0 Å². The molecule has 0 aliphatic rings. The van der Waals surface area contributed by atoms with Crippen LogP contribution in [0.5, 0.6) is 5.75 Å². The molecular formula is C13H18ClNO3. The van der Waals surface area contributed by atoms with Crippen LogP contribution in [0.15, 0.2) is 18.2 Å². The molecule has 0 aliphatic heterocycles. The van der Waals surface area contributed by atoms with Gasteiger partial charge in [-0.3, -0.25) is 4.79 Å². The predicted octanol–water partition coefficient (Wildman–Crippen LogP) is 2.38. The summed E-state index contributed by atoms with van der Waals surface area (Å²) in [7, 11) is 1.54. The third-order valence-electron chi connectivity index (χ3n) is 2.59. The van der Waals surface area contributed by atoms with E-state index in [1.54, 1.807) is 25.3 Å². The Morgan fingerprint density at radius 2 is 2.11 bits per heavy atom. The average molecular weight is 272 g/mol. The molecule has 0 saturated carbocycles. The highest BCUT2D eigenvalue weighted by molar-refractivity contribution is 6.32. The summed E-state index contributed by atoms with van der Waals surface area (Å²) in [6.07, 6.45) is 0. The summed E-state index contributed by atoms with van der Waals surface area (Å²) in [6.45, 7) is 3.90. The number of benzene rings is 1. The van der Waals surface area contributed by atoms with Gasteiger partial charge in [-0.05, 0) is 23.6 Å². The second-order valence-corrected chi connectivity index (χ2v) is 4.75. The van der Waals surface area contributed by atoms with Crippen LogP contribution >= 0.6 is 11.6 Å². The van der Waals surface area contributed by atoms with Gasteiger partial charge in [-0.25, -0.2) is 0 Å². The SMILES string of the molecule is COc1ccc(COC(=O)C(N)C(C)C)cc1Cl. The average Bonchev–Trinajstić information content (AvgIpc) is 2.35. The number of ether oxygens (including phenoxy) is 2. The summed E-state index contributed by atoms with van der Waals surface area (Å²) in [5, 5.41) is 0.485. The fraction of sp³-hybridized carbons (Fsp3) is 0.462. The van der Waals surface area contributed by atoms with Crippen LogP contribution in [-0.4, -0.2) is 19.1 Å². The van der Waals surface area contributed by atoms with Gasteiger partial charge >= 0.3 is 5.97 Å². The Bertz CT molecular complexity index is 421. The third kappa shape index (κ3) is 3.89. The molecule has 4 nitrogen and oxygen atoms in total. The first-order chi connectivity index (χ1) is 8.45. The molecule has 0 bridgehead atoms. The lowest BCUT2D eigenvalue weighted by atomic mass is 10.1. The van der Waals surface area contributed by atoms with Crippen LogP contribution in [0.3, 0.4) is 0 Å². The van der Waals surface area contributed by atoms with Gasteiger partial charge in [0.2, 0.25) is 0 Å². The molecule has 1 rings (SSSR count). The summed E-state index contributed by atoms with van der Waals surface area (Å²) < 4.78 is 10.2. The van der Waals surface area contributed by atoms with E-state index in [2.05, 4.69) is 0 Å². The maximum atomic E-state index is 11.6. The summed E-state index contributed by atoms with van der Waals surface area (Å²) >= 11 is 5.97. The van der Waals surface area contributed by atoms with Crippen LogP contribution < -0.4 is 10.5 Å². The van der Waals surface area contributed by atoms with E-state index in [0.717, 1.165) is 5.56 Å². The van der Waals surface area contributed by atoms with Crippen molar-refractivity contribution in [1.82, 2.24) is 0 Å². The number of hydrogen-bond donors (Lipinski definition) is 1. The van der Waals surface area contributed by atoms with Crippen molar-refractivity contribution in [3.8, 4) is 5.75 Å². The molecule has 0 heterocycles. The van der Waals surface area contributed by atoms with Gasteiger partial charge in [0.25, 0.3) is 0 Å². The van der Waals surface area contributed by atoms with Gasteiger partial charge in [-0.1, -0.05) is 31.5 Å². The minimum atomic E-state index is -0.598. The van der Waals surface area contributed by atoms with Crippen LogP contribution in [0.4, 0.5) is 0 Å². The Balaban J connectivity index is 2.59. The van der Waals surface area contributed by atoms with Crippen LogP contribution in [0.25, 0.3) is 0 Å². The van der Waals surface area contributed by atoms with Crippen LogP contribution in [0.1, 0.15) is 19.4 Å². The molecular weight excluding hydrogens is 254 g/mol. The number of halogens is 1. The minimum Gasteiger partial charge on any atom is -0.495 e. The fourth-order valence-corrected chi connectivity index (χ4v) is 1.60. The Hall–Kier alpha value is -1.26. The number of rotatable bonds is 5. The normalized spacial score (nSPS) is 12.3. The minimum absolute atomic E-state index is 0.0527. The summed E-state index contributed by atoms with van der Waals surface area (Å²) in [5.74, 6) is 0.236. The molecule has 0 saturated heterocycles. The number of carbonyl (C=O) groups is 1. The first-order valence-electron chi connectivity index (χ1n) is 5.70. The van der Waals surface area contributed by atoms with Crippen LogP contribution in [0, 0.1) is 5.92 Å². The van der Waals surface area contributed by atoms with Gasteiger partial charge in [0.05, 0.1) is 12.1 Å². The molecule has 1 aromatic carbocycles. The standard InChI is InChI=1S/C13H18ClNO3/c1-8(2)12(15)13(16)18-7-9-4-5-11(17-3)10(14)6-9/h4-6,8,12H,7,15H2,1-3H3. The topological polar surface area (TPSA) is 61.5 Å². The van der Waals surface area contributed by atoms with Gasteiger partial charge in [-0.15, -0.1) is 0 Å². The molecule has 0 amide bonds. The van der Waals surface area contributed by atoms with E-state index in [-0.39, 0.29) is 12.5 Å². The quantitative estimate of drug-likeness (QED) is 0.835. The lowest BCUT2D eigenvalue weighted by Crippen LogP contribution is -2.36. The highest BCUT2D eigenvalue weighted by atomic mass is 35.5. The Morgan fingerprint density at radius 1 is 1.44 bits per heavy atom. The first-order valence-corrected chi connectivity index (χ1v) is 6.08. The zero-order valence-electron chi connectivity index (χ0n) is 10.8. The summed E-state index contributed by atoms with van der Waals surface area (Å²) in [6, 6.07) is 4.63. The van der Waals surface area contributed by atoms with Gasteiger partial charge in [0, 0.05) is 0 Å². The molecule has 1 unspecified atom stereocenters. The molecule has 0 aromatic heterocycles. The number of esters is 1. The number of carbonyl (C=O) groups excluding carboxylic acids is 1. The van der Waals surface area contributed by atoms with Gasteiger partial charge in [-0.2, -0.15) is 0 Å². The monoisotopic (exact) mass is 271 g/mol. The third-order valence-corrected chi connectivity index (χ3v) is 2.88. The maximum Gasteiger partial charge on any atom is 0.323 e. The van der Waals surface area contributed by atoms with Crippen LogP contribution in [0.2, 0.25) is 5.02 Å². The van der Waals surface area contributed by atoms with E-state index < -0.39 is 12.0 Å². The highest BCUT2D eigenvalue weighted by Crippen LogP contribution is 2.25. The van der Waals surface area contributed by atoms with Crippen molar-refractivity contribution >= 4 is 17.6 Å². The van der Waals surface area contributed by atoms with Gasteiger partial charge in [0.15, 0.2) is 0 Å². The van der Waals surface area contributed by atoms with Gasteiger partial charge < -0.3 is 15.2 Å². The van der Waals surface area contributed by atoms with E-state index in [1.807, 2.05) is 13.8 Å². The smallest absolute Gasteiger partial charge is 0.323 e. The molecule has 0 spiro atoms. The molecule has 100 valence electrons. The molecule has 0 aliphatic carbocycles. The highest BCUT2D eigenvalue weighted by Gasteiger charge is 2.18. The summed E-state index contributed by atoms with van der Waals surface area (Å²) in [5.41, 5.74) is 6.48. The molecule has 5 heteroatoms. The van der Waals surface area contributed by atoms with E-state index >= 15 is 0 Å². The predicted molar refractivity (Wildman–Crippen MR) is 70.6 cm³/mol. The number of nitrogens with two attached hydrogens (primary N) is 1. The van der Waals surface area contributed by atoms with E-state index in [0.29, 0.717) is 10.8 Å². The molecule has 1 atom stereocenters. The van der Waals surface area contributed by atoms with Crippen molar-refractivity contribution in [2.75, 3.05) is 7.11 Å². The first kappa shape index (κ1) is 14.8. The lowest BCUT2D eigenvalue weighted by molar-refractivity contribution is -0.147. The Kier molecular flexibility index (Phi) is 5.44. The van der Waals surface area contributed by atoms with Crippen molar-refractivity contribution in [3.05, 3.63) is 28.8 Å². The number of hydrogen-bond acceptors (Lipinski definition) is 4. The van der Waals surface area contributed by atoms with Crippen molar-refractivity contribution in [3.63, 3.8) is 0 Å². The number of methoxy groups -OCH3 is 1. The lowest BCUT2D eigenvalue weighted by Gasteiger charge is -2.14. The molecule has 0 fully saturated rings. The van der Waals surface area contributed by atoms with E-state index in [1.165, 1.54) is 0 Å². The fourth-order valence-electron chi connectivity index (χ4n) is 1.32. The van der Waals surface area contributed by atoms with Crippen molar-refractivity contribution < 1.29 is 14.3 Å². The van der Waals surface area contributed by atoms with E-state index in [4.69, 9.17) is 26.8 Å². The molecule has 18 heavy (non-hydrogen) atoms. The molecule has 0 radical (unpaired) electrons. The molecule has 1 aromatic rings. The van der Waals surface area contributed by atoms with Crippen LogP contribution in [-0.2, 0) is 16.1 Å². The Labute approximate surface area is 112 Å². The zero-order valence-corrected chi connectivity index (χ0v) is 11.5. The van der Waals surface area contributed by atoms with E-state index in [9.17, 15) is 4.79 Å². The maximum absolute atomic E-state index is 11.6. The van der Waals surface area contributed by atoms with Crippen molar-refractivity contribution in [2.45, 2.75) is 26.5 Å². The second kappa shape index (κ2) is 6.61. The molecule has 2 N–H and O–H groups in total. The van der Waals surface area contributed by atoms with Crippen molar-refractivity contribution in [2.24, 2.45) is 11.7 Å². The Morgan fingerprint density at radius 3 is 2.61 bits per heavy atom. The summed E-state index contributed by atoms with van der Waals surface area (Å²) in [4.78, 5) is 11.6. The zero-order chi connectivity index (χ0) is 13.7. The van der Waals surface area contributed by atoms with Gasteiger partial charge in [0.1, 0.15) is 18.4 Å². The second-order valence-electron chi connectivity index (χ2n) is 4.35.